The van der Waals surface area contributed by atoms with Gasteiger partial charge < -0.3 is 8.85 Å². The molecule has 0 rings (SSSR count). The molecule has 3 nitrogen and oxygen atoms in total. The maximum Gasteiger partial charge on any atom is 0.424 e. The second-order valence-electron chi connectivity index (χ2n) is 3.04. The highest BCUT2D eigenvalue weighted by Crippen LogP contribution is 2.11. The SMILES string of the molecule is C=CCN(CCC)[Si](C)(OC)OC. The van der Waals surface area contributed by atoms with Crippen LogP contribution in [0.15, 0.2) is 12.7 Å². The molecule has 0 saturated heterocycles. The van der Waals surface area contributed by atoms with Crippen molar-refractivity contribution in [3.63, 3.8) is 0 Å². The maximum atomic E-state index is 5.45. The quantitative estimate of drug-likeness (QED) is 0.465. The molecule has 0 aromatic heterocycles. The lowest BCUT2D eigenvalue weighted by molar-refractivity contribution is 0.175. The smallest absolute Gasteiger partial charge is 0.386 e. The molecule has 0 N–H and O–H groups in total. The highest BCUT2D eigenvalue weighted by Gasteiger charge is 2.36. The van der Waals surface area contributed by atoms with E-state index in [0.717, 1.165) is 19.5 Å². The molecule has 0 unspecified atom stereocenters. The molecule has 0 fully saturated rings. The van der Waals surface area contributed by atoms with Crippen molar-refractivity contribution in [1.82, 2.24) is 4.57 Å². The minimum absolute atomic E-state index is 0.832. The summed E-state index contributed by atoms with van der Waals surface area (Å²) in [6.07, 6.45) is 2.99. The Morgan fingerprint density at radius 2 is 1.92 bits per heavy atom. The van der Waals surface area contributed by atoms with Crippen LogP contribution in [0.1, 0.15) is 13.3 Å². The summed E-state index contributed by atoms with van der Waals surface area (Å²) < 4.78 is 13.1. The molecule has 0 aliphatic carbocycles. The molecule has 4 heteroatoms. The Morgan fingerprint density at radius 1 is 1.38 bits per heavy atom. The summed E-state index contributed by atoms with van der Waals surface area (Å²) in [5, 5.41) is 0. The van der Waals surface area contributed by atoms with Gasteiger partial charge >= 0.3 is 8.72 Å². The van der Waals surface area contributed by atoms with Gasteiger partial charge in [0.15, 0.2) is 0 Å². The van der Waals surface area contributed by atoms with Gasteiger partial charge in [-0.05, 0) is 19.5 Å². The third kappa shape index (κ3) is 3.60. The zero-order valence-corrected chi connectivity index (χ0v) is 10.2. The molecule has 0 atom stereocenters. The molecule has 0 heterocycles. The molecule has 0 amide bonds. The second kappa shape index (κ2) is 6.31. The van der Waals surface area contributed by atoms with Crippen LogP contribution in [0, 0.1) is 0 Å². The predicted molar refractivity (Wildman–Crippen MR) is 57.7 cm³/mol. The van der Waals surface area contributed by atoms with Crippen LogP contribution >= 0.6 is 0 Å². The largest absolute Gasteiger partial charge is 0.424 e. The van der Waals surface area contributed by atoms with Crippen LogP contribution in [-0.2, 0) is 8.85 Å². The minimum Gasteiger partial charge on any atom is -0.386 e. The predicted octanol–water partition coefficient (Wildman–Crippen LogP) is 1.75. The molecule has 0 radical (unpaired) electrons. The molecule has 0 saturated carbocycles. The van der Waals surface area contributed by atoms with Gasteiger partial charge in [0.05, 0.1) is 0 Å². The number of rotatable bonds is 7. The Morgan fingerprint density at radius 3 is 2.23 bits per heavy atom. The van der Waals surface area contributed by atoms with E-state index in [2.05, 4.69) is 18.1 Å². The van der Waals surface area contributed by atoms with Crippen LogP contribution in [0.2, 0.25) is 6.55 Å². The van der Waals surface area contributed by atoms with Crippen LogP contribution in [0.3, 0.4) is 0 Å². The standard InChI is InChI=1S/C9H21NO2Si/c1-6-8-10(9-7-2)13(5,11-3)12-4/h6H,1,7-9H2,2-5H3. The van der Waals surface area contributed by atoms with E-state index < -0.39 is 8.72 Å². The van der Waals surface area contributed by atoms with Crippen molar-refractivity contribution in [1.29, 1.82) is 0 Å². The third-order valence-corrected chi connectivity index (χ3v) is 5.24. The maximum absolute atomic E-state index is 5.45. The van der Waals surface area contributed by atoms with Gasteiger partial charge in [0.1, 0.15) is 0 Å². The molecular formula is C9H21NO2Si. The monoisotopic (exact) mass is 203 g/mol. The van der Waals surface area contributed by atoms with Crippen LogP contribution in [-0.4, -0.2) is 40.6 Å². The zero-order chi connectivity index (χ0) is 10.3. The first kappa shape index (κ1) is 12.8. The molecule has 0 aromatic carbocycles. The van der Waals surface area contributed by atoms with E-state index in [0.29, 0.717) is 0 Å². The first-order chi connectivity index (χ1) is 6.14. The Kier molecular flexibility index (Phi) is 6.24. The topological polar surface area (TPSA) is 21.7 Å². The number of hydrogen-bond donors (Lipinski definition) is 0. The highest BCUT2D eigenvalue weighted by molar-refractivity contribution is 6.63. The number of hydrogen-bond acceptors (Lipinski definition) is 3. The fraction of sp³-hybridized carbons (Fsp3) is 0.778. The second-order valence-corrected chi connectivity index (χ2v) is 6.29. The zero-order valence-electron chi connectivity index (χ0n) is 9.17. The van der Waals surface area contributed by atoms with Crippen molar-refractivity contribution in [3.05, 3.63) is 12.7 Å². The van der Waals surface area contributed by atoms with Gasteiger partial charge in [0.25, 0.3) is 0 Å². The number of nitrogens with zero attached hydrogens (tertiary/aromatic N) is 1. The van der Waals surface area contributed by atoms with Crippen LogP contribution in [0.25, 0.3) is 0 Å². The van der Waals surface area contributed by atoms with Crippen LogP contribution < -0.4 is 0 Å². The van der Waals surface area contributed by atoms with Gasteiger partial charge in [0.2, 0.25) is 0 Å². The molecule has 0 aromatic rings. The summed E-state index contributed by atoms with van der Waals surface area (Å²) in [5.41, 5.74) is 0. The average Bonchev–Trinajstić information content (AvgIpc) is 2.16. The lowest BCUT2D eigenvalue weighted by Crippen LogP contribution is -2.55. The van der Waals surface area contributed by atoms with Crippen molar-refractivity contribution in [3.8, 4) is 0 Å². The first-order valence-corrected chi connectivity index (χ1v) is 6.87. The molecule has 0 aliphatic rings. The molecule has 78 valence electrons. The van der Waals surface area contributed by atoms with E-state index >= 15 is 0 Å². The molecule has 13 heavy (non-hydrogen) atoms. The van der Waals surface area contributed by atoms with Gasteiger partial charge in [-0.25, -0.2) is 0 Å². The minimum atomic E-state index is -2.11. The average molecular weight is 203 g/mol. The third-order valence-electron chi connectivity index (χ3n) is 2.17. The van der Waals surface area contributed by atoms with Crippen molar-refractivity contribution in [2.45, 2.75) is 19.9 Å². The summed E-state index contributed by atoms with van der Waals surface area (Å²) in [7, 11) is 1.31. The normalized spacial score (nSPS) is 12.1. The van der Waals surface area contributed by atoms with Gasteiger partial charge in [-0.3, -0.25) is 4.57 Å². The molecule has 0 aliphatic heterocycles. The van der Waals surface area contributed by atoms with Gasteiger partial charge in [-0.1, -0.05) is 13.0 Å². The summed E-state index contributed by atoms with van der Waals surface area (Å²) >= 11 is 0. The first-order valence-electron chi connectivity index (χ1n) is 4.60. The Labute approximate surface area is 82.7 Å². The van der Waals surface area contributed by atoms with E-state index in [9.17, 15) is 0 Å². The Bertz CT molecular complexity index is 149. The van der Waals surface area contributed by atoms with Gasteiger partial charge in [0, 0.05) is 20.8 Å². The van der Waals surface area contributed by atoms with Crippen molar-refractivity contribution in [2.75, 3.05) is 27.3 Å². The van der Waals surface area contributed by atoms with Crippen molar-refractivity contribution in [2.24, 2.45) is 0 Å². The van der Waals surface area contributed by atoms with Crippen LogP contribution in [0.4, 0.5) is 0 Å². The lowest BCUT2D eigenvalue weighted by Gasteiger charge is -2.34. The summed E-state index contributed by atoms with van der Waals surface area (Å²) in [5.74, 6) is 0. The van der Waals surface area contributed by atoms with E-state index in [4.69, 9.17) is 8.85 Å². The summed E-state index contributed by atoms with van der Waals surface area (Å²) in [6.45, 7) is 9.76. The lowest BCUT2D eigenvalue weighted by atomic mass is 10.5. The molecule has 0 spiro atoms. The van der Waals surface area contributed by atoms with E-state index in [1.807, 2.05) is 12.6 Å². The molecule has 0 bridgehead atoms. The van der Waals surface area contributed by atoms with Gasteiger partial charge in [-0.15, -0.1) is 6.58 Å². The van der Waals surface area contributed by atoms with Crippen molar-refractivity contribution < 1.29 is 8.85 Å². The molecular weight excluding hydrogens is 182 g/mol. The summed E-state index contributed by atoms with van der Waals surface area (Å²) in [4.78, 5) is 0. The highest BCUT2D eigenvalue weighted by atomic mass is 28.4. The van der Waals surface area contributed by atoms with E-state index in [1.54, 1.807) is 14.2 Å². The fourth-order valence-corrected chi connectivity index (χ4v) is 3.00. The Balaban J connectivity index is 4.36. The van der Waals surface area contributed by atoms with Crippen LogP contribution in [0.5, 0.6) is 0 Å². The van der Waals surface area contributed by atoms with Gasteiger partial charge in [-0.2, -0.15) is 0 Å². The summed E-state index contributed by atoms with van der Waals surface area (Å²) in [6, 6.07) is 0. The fourth-order valence-electron chi connectivity index (χ4n) is 1.23. The Hall–Kier alpha value is -0.163. The van der Waals surface area contributed by atoms with E-state index in [1.165, 1.54) is 0 Å². The van der Waals surface area contributed by atoms with E-state index in [-0.39, 0.29) is 0 Å². The van der Waals surface area contributed by atoms with Crippen molar-refractivity contribution >= 4 is 8.72 Å².